The molecule has 5 heteroatoms. The Morgan fingerprint density at radius 1 is 1.56 bits per heavy atom. The fourth-order valence-corrected chi connectivity index (χ4v) is 2.78. The van der Waals surface area contributed by atoms with Gasteiger partial charge in [-0.05, 0) is 42.5 Å². The van der Waals surface area contributed by atoms with Gasteiger partial charge in [-0.1, -0.05) is 11.6 Å². The van der Waals surface area contributed by atoms with Crippen LogP contribution >= 0.6 is 34.2 Å². The summed E-state index contributed by atoms with van der Waals surface area (Å²) in [6.45, 7) is 4.37. The molecule has 2 rings (SSSR count). The number of hydrogen-bond acceptors (Lipinski definition) is 2. The molecule has 1 aromatic carbocycles. The van der Waals surface area contributed by atoms with Crippen molar-refractivity contribution in [3.63, 3.8) is 0 Å². The maximum absolute atomic E-state index is 11.6. The van der Waals surface area contributed by atoms with Gasteiger partial charge in [-0.15, -0.1) is 0 Å². The van der Waals surface area contributed by atoms with E-state index in [2.05, 4.69) is 27.9 Å². The van der Waals surface area contributed by atoms with Crippen molar-refractivity contribution in [1.82, 2.24) is 5.32 Å². The van der Waals surface area contributed by atoms with Crippen LogP contribution in [0.15, 0.2) is 6.07 Å². The monoisotopic (exact) mass is 351 g/mol. The van der Waals surface area contributed by atoms with Crippen molar-refractivity contribution in [3.8, 4) is 5.75 Å². The Hall–Kier alpha value is -0.490. The standard InChI is InChI=1S/C11H11ClINO2/c1-5(2)16-8-3-7(13)9-6(10(8)12)4-14-11(9)15/h3,5H,4H2,1-2H3,(H,14,15). The van der Waals surface area contributed by atoms with E-state index in [1.54, 1.807) is 0 Å². The molecule has 3 nitrogen and oxygen atoms in total. The molecular weight excluding hydrogens is 340 g/mol. The molecule has 0 aromatic heterocycles. The SMILES string of the molecule is CC(C)Oc1cc(I)c2c(c1Cl)CNC2=O. The van der Waals surface area contributed by atoms with E-state index in [1.165, 1.54) is 0 Å². The molecule has 16 heavy (non-hydrogen) atoms. The molecule has 0 radical (unpaired) electrons. The number of fused-ring (bicyclic) bond motifs is 1. The first-order valence-corrected chi connectivity index (χ1v) is 6.42. The largest absolute Gasteiger partial charge is 0.489 e. The van der Waals surface area contributed by atoms with Gasteiger partial charge in [-0.25, -0.2) is 0 Å². The molecule has 0 fully saturated rings. The van der Waals surface area contributed by atoms with Gasteiger partial charge in [0, 0.05) is 15.7 Å². The fourth-order valence-electron chi connectivity index (χ4n) is 1.66. The van der Waals surface area contributed by atoms with Crippen LogP contribution in [0.3, 0.4) is 0 Å². The quantitative estimate of drug-likeness (QED) is 0.832. The van der Waals surface area contributed by atoms with E-state index >= 15 is 0 Å². The molecule has 1 heterocycles. The molecule has 0 saturated carbocycles. The minimum Gasteiger partial charge on any atom is -0.489 e. The van der Waals surface area contributed by atoms with Crippen LogP contribution in [0, 0.1) is 3.57 Å². The predicted molar refractivity (Wildman–Crippen MR) is 71.1 cm³/mol. The highest BCUT2D eigenvalue weighted by molar-refractivity contribution is 14.1. The summed E-state index contributed by atoms with van der Waals surface area (Å²) in [5, 5.41) is 3.31. The third-order valence-corrected chi connectivity index (χ3v) is 3.56. The van der Waals surface area contributed by atoms with Gasteiger partial charge in [-0.3, -0.25) is 4.79 Å². The minimum atomic E-state index is -0.0580. The maximum Gasteiger partial charge on any atom is 0.253 e. The smallest absolute Gasteiger partial charge is 0.253 e. The van der Waals surface area contributed by atoms with Crippen molar-refractivity contribution >= 4 is 40.1 Å². The topological polar surface area (TPSA) is 38.3 Å². The summed E-state index contributed by atoms with van der Waals surface area (Å²) in [7, 11) is 0. The number of benzene rings is 1. The summed E-state index contributed by atoms with van der Waals surface area (Å²) in [6, 6.07) is 1.81. The Kier molecular flexibility index (Phi) is 3.30. The second kappa shape index (κ2) is 4.41. The number of rotatable bonds is 2. The molecular formula is C11H11ClINO2. The van der Waals surface area contributed by atoms with Crippen LogP contribution in [0.1, 0.15) is 29.8 Å². The van der Waals surface area contributed by atoms with E-state index in [4.69, 9.17) is 16.3 Å². The lowest BCUT2D eigenvalue weighted by atomic mass is 10.1. The second-order valence-corrected chi connectivity index (χ2v) is 5.41. The van der Waals surface area contributed by atoms with Gasteiger partial charge in [0.2, 0.25) is 0 Å². The zero-order valence-corrected chi connectivity index (χ0v) is 11.8. The van der Waals surface area contributed by atoms with Gasteiger partial charge in [-0.2, -0.15) is 0 Å². The summed E-state index contributed by atoms with van der Waals surface area (Å²) in [5.74, 6) is 0.591. The third-order valence-electron chi connectivity index (χ3n) is 2.30. The van der Waals surface area contributed by atoms with Gasteiger partial charge >= 0.3 is 0 Å². The van der Waals surface area contributed by atoms with Crippen LogP contribution in [0.2, 0.25) is 5.02 Å². The lowest BCUT2D eigenvalue weighted by Crippen LogP contribution is -2.13. The molecule has 1 N–H and O–H groups in total. The van der Waals surface area contributed by atoms with Gasteiger partial charge in [0.05, 0.1) is 16.7 Å². The van der Waals surface area contributed by atoms with Crippen molar-refractivity contribution < 1.29 is 9.53 Å². The van der Waals surface area contributed by atoms with Crippen molar-refractivity contribution in [3.05, 3.63) is 25.8 Å². The fraction of sp³-hybridized carbons (Fsp3) is 0.364. The summed E-state index contributed by atoms with van der Waals surface area (Å²) in [4.78, 5) is 11.6. The van der Waals surface area contributed by atoms with Gasteiger partial charge in [0.1, 0.15) is 5.75 Å². The van der Waals surface area contributed by atoms with E-state index < -0.39 is 0 Å². The summed E-state index contributed by atoms with van der Waals surface area (Å²) in [6.07, 6.45) is 0.0661. The van der Waals surface area contributed by atoms with Crippen LogP contribution in [-0.4, -0.2) is 12.0 Å². The second-order valence-electron chi connectivity index (χ2n) is 3.87. The zero-order valence-electron chi connectivity index (χ0n) is 8.93. The first-order valence-electron chi connectivity index (χ1n) is 4.96. The Balaban J connectivity index is 2.53. The molecule has 0 aliphatic carbocycles. The molecule has 0 unspecified atom stereocenters. The molecule has 1 aliphatic rings. The molecule has 1 amide bonds. The average molecular weight is 352 g/mol. The first-order chi connectivity index (χ1) is 7.50. The first kappa shape index (κ1) is 12.0. The molecule has 0 spiro atoms. The molecule has 0 bridgehead atoms. The van der Waals surface area contributed by atoms with Crippen molar-refractivity contribution in [1.29, 1.82) is 0 Å². The van der Waals surface area contributed by atoms with Crippen LogP contribution < -0.4 is 10.1 Å². The number of amides is 1. The Labute approximate surface area is 113 Å². The lowest BCUT2D eigenvalue weighted by molar-refractivity contribution is 0.0965. The summed E-state index contributed by atoms with van der Waals surface area (Å²) >= 11 is 8.35. The van der Waals surface area contributed by atoms with E-state index in [1.807, 2.05) is 19.9 Å². The third kappa shape index (κ3) is 2.00. The summed E-state index contributed by atoms with van der Waals surface area (Å²) < 4.78 is 6.49. The molecule has 0 atom stereocenters. The minimum absolute atomic E-state index is 0.0580. The van der Waals surface area contributed by atoms with Crippen LogP contribution in [0.4, 0.5) is 0 Å². The number of hydrogen-bond donors (Lipinski definition) is 1. The Morgan fingerprint density at radius 2 is 2.25 bits per heavy atom. The number of ether oxygens (including phenoxy) is 1. The maximum atomic E-state index is 11.6. The highest BCUT2D eigenvalue weighted by Crippen LogP contribution is 2.36. The lowest BCUT2D eigenvalue weighted by Gasteiger charge is -2.14. The Morgan fingerprint density at radius 3 is 2.88 bits per heavy atom. The molecule has 1 aromatic rings. The normalized spacial score (nSPS) is 13.9. The van der Waals surface area contributed by atoms with Crippen molar-refractivity contribution in [2.24, 2.45) is 0 Å². The van der Waals surface area contributed by atoms with Gasteiger partial charge in [0.15, 0.2) is 0 Å². The van der Waals surface area contributed by atoms with Crippen LogP contribution in [0.25, 0.3) is 0 Å². The number of nitrogens with one attached hydrogen (secondary N) is 1. The van der Waals surface area contributed by atoms with Crippen LogP contribution in [0.5, 0.6) is 5.75 Å². The van der Waals surface area contributed by atoms with Gasteiger partial charge in [0.25, 0.3) is 5.91 Å². The van der Waals surface area contributed by atoms with E-state index in [9.17, 15) is 4.79 Å². The molecule has 1 aliphatic heterocycles. The number of carbonyl (C=O) groups is 1. The average Bonchev–Trinajstić information content (AvgIpc) is 2.56. The van der Waals surface area contributed by atoms with Crippen LogP contribution in [-0.2, 0) is 6.54 Å². The van der Waals surface area contributed by atoms with Gasteiger partial charge < -0.3 is 10.1 Å². The number of halogens is 2. The number of carbonyl (C=O) groups excluding carboxylic acids is 1. The summed E-state index contributed by atoms with van der Waals surface area (Å²) in [5.41, 5.74) is 1.52. The highest BCUT2D eigenvalue weighted by atomic mass is 127. The molecule has 86 valence electrons. The highest BCUT2D eigenvalue weighted by Gasteiger charge is 2.26. The van der Waals surface area contributed by atoms with Crippen molar-refractivity contribution in [2.45, 2.75) is 26.5 Å². The van der Waals surface area contributed by atoms with E-state index in [0.29, 0.717) is 22.9 Å². The zero-order chi connectivity index (χ0) is 11.9. The van der Waals surface area contributed by atoms with Crippen molar-refractivity contribution in [2.75, 3.05) is 0 Å². The van der Waals surface area contributed by atoms with E-state index in [0.717, 1.165) is 9.13 Å². The Bertz CT molecular complexity index is 460. The van der Waals surface area contributed by atoms with E-state index in [-0.39, 0.29) is 12.0 Å². The predicted octanol–water partition coefficient (Wildman–Crippen LogP) is 2.98. The molecule has 0 saturated heterocycles.